The van der Waals surface area contributed by atoms with E-state index in [1.54, 1.807) is 19.1 Å². The Bertz CT molecular complexity index is 495. The minimum absolute atomic E-state index is 0.126. The van der Waals surface area contributed by atoms with Gasteiger partial charge in [-0.1, -0.05) is 11.6 Å². The van der Waals surface area contributed by atoms with Gasteiger partial charge in [0.1, 0.15) is 5.52 Å². The maximum absolute atomic E-state index is 8.94. The molecule has 4 nitrogen and oxygen atoms in total. The Kier molecular flexibility index (Phi) is 2.65. The summed E-state index contributed by atoms with van der Waals surface area (Å²) in [5.41, 5.74) is 7.67. The van der Waals surface area contributed by atoms with Crippen molar-refractivity contribution in [2.45, 2.75) is 13.0 Å². The molecule has 1 heterocycles. The SMILES string of the molecule is Cc1nc2cc(C(N)CO)cc(Cl)c2o1. The van der Waals surface area contributed by atoms with Crippen LogP contribution in [0.3, 0.4) is 0 Å². The smallest absolute Gasteiger partial charge is 0.192 e. The topological polar surface area (TPSA) is 72.3 Å². The third-order valence-electron chi connectivity index (χ3n) is 2.20. The number of benzene rings is 1. The fraction of sp³-hybridized carbons (Fsp3) is 0.300. The van der Waals surface area contributed by atoms with Gasteiger partial charge in [0.25, 0.3) is 0 Å². The molecule has 0 amide bonds. The van der Waals surface area contributed by atoms with Crippen LogP contribution in [0.1, 0.15) is 17.5 Å². The molecule has 0 aliphatic carbocycles. The van der Waals surface area contributed by atoms with E-state index in [9.17, 15) is 0 Å². The van der Waals surface area contributed by atoms with Crippen molar-refractivity contribution in [1.82, 2.24) is 4.98 Å². The largest absolute Gasteiger partial charge is 0.439 e. The van der Waals surface area contributed by atoms with Crippen LogP contribution in [0.25, 0.3) is 11.1 Å². The van der Waals surface area contributed by atoms with Crippen molar-refractivity contribution < 1.29 is 9.52 Å². The fourth-order valence-corrected chi connectivity index (χ4v) is 1.70. The lowest BCUT2D eigenvalue weighted by Crippen LogP contribution is -2.14. The van der Waals surface area contributed by atoms with Crippen LogP contribution < -0.4 is 5.73 Å². The Labute approximate surface area is 91.7 Å². The quantitative estimate of drug-likeness (QED) is 0.819. The first kappa shape index (κ1) is 10.4. The second kappa shape index (κ2) is 3.81. The summed E-state index contributed by atoms with van der Waals surface area (Å²) in [6.07, 6.45) is 0. The number of hydrogen-bond donors (Lipinski definition) is 2. The van der Waals surface area contributed by atoms with Gasteiger partial charge in [-0.25, -0.2) is 4.98 Å². The summed E-state index contributed by atoms with van der Waals surface area (Å²) in [6, 6.07) is 3.03. The number of aryl methyl sites for hydroxylation is 1. The predicted molar refractivity (Wildman–Crippen MR) is 57.8 cm³/mol. The number of aliphatic hydroxyl groups is 1. The molecule has 80 valence electrons. The number of oxazole rings is 1. The van der Waals surface area contributed by atoms with Gasteiger partial charge in [0.2, 0.25) is 0 Å². The summed E-state index contributed by atoms with van der Waals surface area (Å²) < 4.78 is 5.32. The number of fused-ring (bicyclic) bond motifs is 1. The molecule has 15 heavy (non-hydrogen) atoms. The van der Waals surface area contributed by atoms with E-state index in [0.29, 0.717) is 22.0 Å². The number of hydrogen-bond acceptors (Lipinski definition) is 4. The molecule has 0 radical (unpaired) electrons. The van der Waals surface area contributed by atoms with Crippen LogP contribution in [0.2, 0.25) is 5.02 Å². The van der Waals surface area contributed by atoms with Crippen molar-refractivity contribution in [3.63, 3.8) is 0 Å². The van der Waals surface area contributed by atoms with Crippen LogP contribution in [0.4, 0.5) is 0 Å². The minimum atomic E-state index is -0.441. The standard InChI is InChI=1S/C10H11ClN2O2/c1-5-13-9-3-6(8(12)4-14)2-7(11)10(9)15-5/h2-3,8,14H,4,12H2,1H3. The number of nitrogens with two attached hydrogens (primary N) is 1. The molecule has 0 saturated carbocycles. The highest BCUT2D eigenvalue weighted by molar-refractivity contribution is 6.34. The van der Waals surface area contributed by atoms with Gasteiger partial charge in [0.15, 0.2) is 11.5 Å². The van der Waals surface area contributed by atoms with Crippen molar-refractivity contribution in [2.75, 3.05) is 6.61 Å². The molecule has 0 bridgehead atoms. The molecule has 1 atom stereocenters. The summed E-state index contributed by atoms with van der Waals surface area (Å²) in [7, 11) is 0. The number of halogens is 1. The van der Waals surface area contributed by atoms with Gasteiger partial charge in [-0.2, -0.15) is 0 Å². The molecule has 2 rings (SSSR count). The Balaban J connectivity index is 2.61. The van der Waals surface area contributed by atoms with Gasteiger partial charge in [0.05, 0.1) is 17.7 Å². The molecular formula is C10H11ClN2O2. The van der Waals surface area contributed by atoms with Crippen molar-refractivity contribution in [3.8, 4) is 0 Å². The van der Waals surface area contributed by atoms with Gasteiger partial charge in [-0.05, 0) is 17.7 Å². The third kappa shape index (κ3) is 1.84. The maximum atomic E-state index is 8.94. The average molecular weight is 227 g/mol. The van der Waals surface area contributed by atoms with Crippen LogP contribution in [0, 0.1) is 6.92 Å². The van der Waals surface area contributed by atoms with Crippen molar-refractivity contribution in [2.24, 2.45) is 5.73 Å². The molecular weight excluding hydrogens is 216 g/mol. The Morgan fingerprint density at radius 1 is 1.60 bits per heavy atom. The maximum Gasteiger partial charge on any atom is 0.192 e. The number of rotatable bonds is 2. The molecule has 3 N–H and O–H groups in total. The fourth-order valence-electron chi connectivity index (χ4n) is 1.44. The van der Waals surface area contributed by atoms with Crippen LogP contribution in [0.15, 0.2) is 16.5 Å². The number of aromatic nitrogens is 1. The predicted octanol–water partition coefficient (Wildman–Crippen LogP) is 1.78. The zero-order valence-electron chi connectivity index (χ0n) is 8.20. The van der Waals surface area contributed by atoms with Crippen LogP contribution in [-0.2, 0) is 0 Å². The first-order valence-electron chi connectivity index (χ1n) is 4.55. The molecule has 5 heteroatoms. The van der Waals surface area contributed by atoms with Crippen molar-refractivity contribution in [1.29, 1.82) is 0 Å². The number of nitrogens with zero attached hydrogens (tertiary/aromatic N) is 1. The molecule has 0 aliphatic heterocycles. The first-order valence-corrected chi connectivity index (χ1v) is 4.92. The molecule has 1 aromatic carbocycles. The lowest BCUT2D eigenvalue weighted by Gasteiger charge is -2.08. The van der Waals surface area contributed by atoms with E-state index >= 15 is 0 Å². The second-order valence-corrected chi connectivity index (χ2v) is 3.78. The molecule has 1 aromatic heterocycles. The molecule has 0 saturated heterocycles. The van der Waals surface area contributed by atoms with Crippen molar-refractivity contribution in [3.05, 3.63) is 28.6 Å². The second-order valence-electron chi connectivity index (χ2n) is 3.37. The monoisotopic (exact) mass is 226 g/mol. The average Bonchev–Trinajstić information content (AvgIpc) is 2.58. The number of aliphatic hydroxyl groups excluding tert-OH is 1. The lowest BCUT2D eigenvalue weighted by molar-refractivity contribution is 0.268. The van der Waals surface area contributed by atoms with E-state index in [2.05, 4.69) is 4.98 Å². The Morgan fingerprint density at radius 3 is 3.00 bits per heavy atom. The van der Waals surface area contributed by atoms with Gasteiger partial charge < -0.3 is 15.3 Å². The van der Waals surface area contributed by atoms with E-state index in [-0.39, 0.29) is 6.61 Å². The molecule has 0 fully saturated rings. The van der Waals surface area contributed by atoms with Gasteiger partial charge >= 0.3 is 0 Å². The normalized spacial score (nSPS) is 13.3. The highest BCUT2D eigenvalue weighted by Gasteiger charge is 2.12. The lowest BCUT2D eigenvalue weighted by atomic mass is 10.1. The first-order chi connectivity index (χ1) is 7.11. The summed E-state index contributed by atoms with van der Waals surface area (Å²) in [5.74, 6) is 0.557. The summed E-state index contributed by atoms with van der Waals surface area (Å²) in [4.78, 5) is 4.16. The van der Waals surface area contributed by atoms with Gasteiger partial charge in [-0.15, -0.1) is 0 Å². The Hall–Kier alpha value is -1.10. The third-order valence-corrected chi connectivity index (χ3v) is 2.48. The molecule has 2 aromatic rings. The molecule has 0 spiro atoms. The van der Waals surface area contributed by atoms with E-state index in [4.69, 9.17) is 26.9 Å². The van der Waals surface area contributed by atoms with E-state index in [1.807, 2.05) is 0 Å². The summed E-state index contributed by atoms with van der Waals surface area (Å²) >= 11 is 6.01. The minimum Gasteiger partial charge on any atom is -0.439 e. The molecule has 0 aliphatic rings. The Morgan fingerprint density at radius 2 is 2.33 bits per heavy atom. The molecule has 1 unspecified atom stereocenters. The van der Waals surface area contributed by atoms with Crippen molar-refractivity contribution >= 4 is 22.7 Å². The highest BCUT2D eigenvalue weighted by atomic mass is 35.5. The summed E-state index contributed by atoms with van der Waals surface area (Å²) in [6.45, 7) is 1.63. The zero-order chi connectivity index (χ0) is 11.0. The highest BCUT2D eigenvalue weighted by Crippen LogP contribution is 2.27. The van der Waals surface area contributed by atoms with E-state index in [1.165, 1.54) is 0 Å². The van der Waals surface area contributed by atoms with Gasteiger partial charge in [0, 0.05) is 6.92 Å². The van der Waals surface area contributed by atoms with Gasteiger partial charge in [-0.3, -0.25) is 0 Å². The van der Waals surface area contributed by atoms with E-state index in [0.717, 1.165) is 5.56 Å². The zero-order valence-corrected chi connectivity index (χ0v) is 8.95. The summed E-state index contributed by atoms with van der Waals surface area (Å²) in [5, 5.41) is 9.41. The van der Waals surface area contributed by atoms with Crippen LogP contribution in [0.5, 0.6) is 0 Å². The van der Waals surface area contributed by atoms with Crippen LogP contribution in [-0.4, -0.2) is 16.7 Å². The van der Waals surface area contributed by atoms with E-state index < -0.39 is 6.04 Å². The van der Waals surface area contributed by atoms with Crippen LogP contribution >= 0.6 is 11.6 Å².